The first kappa shape index (κ1) is 12.6. The van der Waals surface area contributed by atoms with Crippen LogP contribution in [0.1, 0.15) is 37.3 Å². The summed E-state index contributed by atoms with van der Waals surface area (Å²) in [5, 5.41) is 9.60. The number of hydrogen-bond acceptors (Lipinski definition) is 3. The van der Waals surface area contributed by atoms with Crippen molar-refractivity contribution in [1.82, 2.24) is 20.5 Å². The van der Waals surface area contributed by atoms with E-state index in [0.717, 1.165) is 6.07 Å². The average molecular weight is 252 g/mol. The second-order valence-electron chi connectivity index (χ2n) is 4.12. The molecule has 1 heterocycles. The van der Waals surface area contributed by atoms with Gasteiger partial charge in [0, 0.05) is 11.6 Å². The Labute approximate surface area is 103 Å². The van der Waals surface area contributed by atoms with Crippen LogP contribution >= 0.6 is 0 Å². The molecule has 0 saturated carbocycles. The van der Waals surface area contributed by atoms with E-state index < -0.39 is 11.6 Å². The van der Waals surface area contributed by atoms with Gasteiger partial charge < -0.3 is 5.32 Å². The van der Waals surface area contributed by atoms with E-state index in [9.17, 15) is 8.78 Å². The molecule has 2 unspecified atom stereocenters. The van der Waals surface area contributed by atoms with Crippen LogP contribution in [0.15, 0.2) is 24.5 Å². The number of nitrogens with zero attached hydrogens (tertiary/aromatic N) is 2. The standard InChI is InChI=1S/C12H14F2N4/c1-7(9-4-3-5-10(13)11(9)14)17-8(2)12-15-6-16-18-12/h3-8,17H,1-2H3,(H,15,16,18). The third kappa shape index (κ3) is 2.53. The summed E-state index contributed by atoms with van der Waals surface area (Å²) in [4.78, 5) is 4.01. The van der Waals surface area contributed by atoms with Crippen LogP contribution in [-0.2, 0) is 0 Å². The van der Waals surface area contributed by atoms with Crippen LogP contribution in [0.4, 0.5) is 8.78 Å². The summed E-state index contributed by atoms with van der Waals surface area (Å²) in [6.45, 7) is 3.64. The molecule has 2 atom stereocenters. The quantitative estimate of drug-likeness (QED) is 0.879. The van der Waals surface area contributed by atoms with Gasteiger partial charge in [-0.15, -0.1) is 0 Å². The fourth-order valence-corrected chi connectivity index (χ4v) is 1.82. The monoisotopic (exact) mass is 252 g/mol. The van der Waals surface area contributed by atoms with Gasteiger partial charge in [0.25, 0.3) is 0 Å². The predicted molar refractivity (Wildman–Crippen MR) is 62.7 cm³/mol. The van der Waals surface area contributed by atoms with E-state index in [2.05, 4.69) is 20.5 Å². The zero-order chi connectivity index (χ0) is 13.1. The van der Waals surface area contributed by atoms with Crippen molar-refractivity contribution in [2.24, 2.45) is 0 Å². The molecule has 0 radical (unpaired) electrons. The molecule has 18 heavy (non-hydrogen) atoms. The summed E-state index contributed by atoms with van der Waals surface area (Å²) >= 11 is 0. The van der Waals surface area contributed by atoms with Crippen molar-refractivity contribution in [1.29, 1.82) is 0 Å². The molecule has 0 saturated heterocycles. The molecule has 96 valence electrons. The first-order valence-electron chi connectivity index (χ1n) is 5.64. The summed E-state index contributed by atoms with van der Waals surface area (Å²) in [6.07, 6.45) is 1.40. The maximum absolute atomic E-state index is 13.6. The normalized spacial score (nSPS) is 14.4. The van der Waals surface area contributed by atoms with Crippen LogP contribution in [0.25, 0.3) is 0 Å². The molecule has 6 heteroatoms. The topological polar surface area (TPSA) is 53.6 Å². The molecule has 0 aliphatic carbocycles. The minimum Gasteiger partial charge on any atom is -0.301 e. The van der Waals surface area contributed by atoms with Crippen molar-refractivity contribution in [3.8, 4) is 0 Å². The van der Waals surface area contributed by atoms with Gasteiger partial charge in [0.05, 0.1) is 6.04 Å². The highest BCUT2D eigenvalue weighted by Crippen LogP contribution is 2.21. The molecule has 2 aromatic rings. The van der Waals surface area contributed by atoms with E-state index in [1.165, 1.54) is 12.4 Å². The molecule has 0 fully saturated rings. The lowest BCUT2D eigenvalue weighted by molar-refractivity contribution is 0.441. The van der Waals surface area contributed by atoms with Gasteiger partial charge in [-0.3, -0.25) is 5.10 Å². The predicted octanol–water partition coefficient (Wildman–Crippen LogP) is 2.49. The van der Waals surface area contributed by atoms with E-state index in [-0.39, 0.29) is 12.1 Å². The number of aromatic amines is 1. The second-order valence-corrected chi connectivity index (χ2v) is 4.12. The van der Waals surface area contributed by atoms with E-state index in [4.69, 9.17) is 0 Å². The van der Waals surface area contributed by atoms with Crippen LogP contribution < -0.4 is 5.32 Å². The van der Waals surface area contributed by atoms with Crippen molar-refractivity contribution in [3.63, 3.8) is 0 Å². The van der Waals surface area contributed by atoms with Crippen LogP contribution in [-0.4, -0.2) is 15.2 Å². The maximum Gasteiger partial charge on any atom is 0.163 e. The third-order valence-corrected chi connectivity index (χ3v) is 2.79. The molecule has 0 aliphatic heterocycles. The van der Waals surface area contributed by atoms with Gasteiger partial charge in [-0.1, -0.05) is 12.1 Å². The average Bonchev–Trinajstić information content (AvgIpc) is 2.86. The summed E-state index contributed by atoms with van der Waals surface area (Å²) in [7, 11) is 0. The first-order valence-corrected chi connectivity index (χ1v) is 5.64. The number of H-pyrrole nitrogens is 1. The highest BCUT2D eigenvalue weighted by atomic mass is 19.2. The Morgan fingerprint density at radius 3 is 2.67 bits per heavy atom. The highest BCUT2D eigenvalue weighted by Gasteiger charge is 2.17. The molecular formula is C12H14F2N4. The molecule has 2 rings (SSSR count). The molecule has 1 aromatic heterocycles. The fraction of sp³-hybridized carbons (Fsp3) is 0.333. The summed E-state index contributed by atoms with van der Waals surface area (Å²) in [6, 6.07) is 3.69. The number of benzene rings is 1. The summed E-state index contributed by atoms with van der Waals surface area (Å²) in [5.74, 6) is -1.01. The lowest BCUT2D eigenvalue weighted by Gasteiger charge is -2.19. The fourth-order valence-electron chi connectivity index (χ4n) is 1.82. The Balaban J connectivity index is 2.12. The van der Waals surface area contributed by atoms with Crippen LogP contribution in [0.2, 0.25) is 0 Å². The molecular weight excluding hydrogens is 238 g/mol. The lowest BCUT2D eigenvalue weighted by atomic mass is 10.1. The van der Waals surface area contributed by atoms with E-state index in [1.807, 2.05) is 6.92 Å². The number of aromatic nitrogens is 3. The van der Waals surface area contributed by atoms with E-state index >= 15 is 0 Å². The van der Waals surface area contributed by atoms with Gasteiger partial charge in [-0.2, -0.15) is 5.10 Å². The second kappa shape index (κ2) is 5.22. The number of hydrogen-bond donors (Lipinski definition) is 2. The SMILES string of the molecule is CC(NC(C)c1cccc(F)c1F)c1ncn[nH]1. The number of halogens is 2. The van der Waals surface area contributed by atoms with Crippen molar-refractivity contribution in [3.05, 3.63) is 47.5 Å². The zero-order valence-electron chi connectivity index (χ0n) is 10.1. The molecule has 0 spiro atoms. The zero-order valence-corrected chi connectivity index (χ0v) is 10.1. The Bertz CT molecular complexity index is 513. The van der Waals surface area contributed by atoms with Crippen molar-refractivity contribution >= 4 is 0 Å². The van der Waals surface area contributed by atoms with Gasteiger partial charge in [0.2, 0.25) is 0 Å². The minimum atomic E-state index is -0.839. The van der Waals surface area contributed by atoms with Crippen molar-refractivity contribution < 1.29 is 8.78 Å². The smallest absolute Gasteiger partial charge is 0.163 e. The number of rotatable bonds is 4. The largest absolute Gasteiger partial charge is 0.301 e. The van der Waals surface area contributed by atoms with Crippen LogP contribution in [0.5, 0.6) is 0 Å². The van der Waals surface area contributed by atoms with Gasteiger partial charge in [0.15, 0.2) is 11.6 Å². The van der Waals surface area contributed by atoms with E-state index in [0.29, 0.717) is 11.4 Å². The molecule has 0 bridgehead atoms. The van der Waals surface area contributed by atoms with Gasteiger partial charge in [-0.25, -0.2) is 13.8 Å². The Kier molecular flexibility index (Phi) is 3.66. The van der Waals surface area contributed by atoms with Gasteiger partial charge in [-0.05, 0) is 19.9 Å². The van der Waals surface area contributed by atoms with Crippen LogP contribution in [0.3, 0.4) is 0 Å². The minimum absolute atomic E-state index is 0.134. The summed E-state index contributed by atoms with van der Waals surface area (Å²) in [5.41, 5.74) is 0.293. The molecule has 0 amide bonds. The molecule has 4 nitrogen and oxygen atoms in total. The van der Waals surface area contributed by atoms with Gasteiger partial charge >= 0.3 is 0 Å². The Hall–Kier alpha value is -1.82. The third-order valence-electron chi connectivity index (χ3n) is 2.79. The molecule has 0 aliphatic rings. The Morgan fingerprint density at radius 1 is 1.22 bits per heavy atom. The van der Waals surface area contributed by atoms with Gasteiger partial charge in [0.1, 0.15) is 12.2 Å². The van der Waals surface area contributed by atoms with Crippen LogP contribution in [0, 0.1) is 11.6 Å². The highest BCUT2D eigenvalue weighted by molar-refractivity contribution is 5.22. The van der Waals surface area contributed by atoms with E-state index in [1.54, 1.807) is 13.0 Å². The summed E-state index contributed by atoms with van der Waals surface area (Å²) < 4.78 is 26.7. The van der Waals surface area contributed by atoms with Crippen molar-refractivity contribution in [2.45, 2.75) is 25.9 Å². The maximum atomic E-state index is 13.6. The molecule has 1 aromatic carbocycles. The number of nitrogens with one attached hydrogen (secondary N) is 2. The Morgan fingerprint density at radius 2 is 2.00 bits per heavy atom. The first-order chi connectivity index (χ1) is 8.59. The molecule has 2 N–H and O–H groups in total. The van der Waals surface area contributed by atoms with Crippen molar-refractivity contribution in [2.75, 3.05) is 0 Å². The lowest BCUT2D eigenvalue weighted by Crippen LogP contribution is -2.24.